The molecule has 0 amide bonds. The Bertz CT molecular complexity index is 705. The Kier molecular flexibility index (Phi) is 7.98. The molecule has 1 aromatic rings. The lowest BCUT2D eigenvalue weighted by Crippen LogP contribution is -2.57. The van der Waals surface area contributed by atoms with E-state index in [-0.39, 0.29) is 29.7 Å². The Morgan fingerprint density at radius 3 is 2.72 bits per heavy atom. The first-order valence-corrected chi connectivity index (χ1v) is 9.78. The highest BCUT2D eigenvalue weighted by Gasteiger charge is 2.40. The fraction of sp³-hybridized carbons (Fsp3) is 0.588. The van der Waals surface area contributed by atoms with Gasteiger partial charge in [-0.3, -0.25) is 4.99 Å². The summed E-state index contributed by atoms with van der Waals surface area (Å²) >= 11 is 0. The summed E-state index contributed by atoms with van der Waals surface area (Å²) in [6.07, 6.45) is 0. The number of rotatable bonds is 4. The summed E-state index contributed by atoms with van der Waals surface area (Å²) in [5.74, 6) is 1.71. The van der Waals surface area contributed by atoms with Crippen LogP contribution in [0.4, 0.5) is 0 Å². The maximum atomic E-state index is 12.1. The molecule has 25 heavy (non-hydrogen) atoms. The number of sulfone groups is 1. The van der Waals surface area contributed by atoms with Gasteiger partial charge in [0.05, 0.1) is 17.0 Å². The molecule has 1 saturated heterocycles. The van der Waals surface area contributed by atoms with E-state index in [1.807, 2.05) is 36.1 Å². The standard InChI is InChI=1S/C17H27N3O3S.HI/c1-14-6-5-7-15(12-14)23-10-8-19-16(18-4)20-9-11-24(21,22)17(2,3)13-20;/h5-7,12H,8-11,13H2,1-4H3,(H,18,19);1H. The maximum Gasteiger partial charge on any atom is 0.193 e. The molecular weight excluding hydrogens is 453 g/mol. The molecule has 1 aromatic carbocycles. The van der Waals surface area contributed by atoms with E-state index in [1.165, 1.54) is 0 Å². The Morgan fingerprint density at radius 2 is 2.12 bits per heavy atom. The maximum absolute atomic E-state index is 12.1. The van der Waals surface area contributed by atoms with E-state index in [0.717, 1.165) is 11.3 Å². The van der Waals surface area contributed by atoms with Crippen molar-refractivity contribution in [3.8, 4) is 5.75 Å². The molecule has 0 aliphatic carbocycles. The summed E-state index contributed by atoms with van der Waals surface area (Å²) in [4.78, 5) is 6.26. The second kappa shape index (κ2) is 9.07. The van der Waals surface area contributed by atoms with Gasteiger partial charge in [-0.2, -0.15) is 0 Å². The van der Waals surface area contributed by atoms with Gasteiger partial charge in [0.25, 0.3) is 0 Å². The molecule has 2 rings (SSSR count). The van der Waals surface area contributed by atoms with Crippen LogP contribution in [-0.2, 0) is 9.84 Å². The summed E-state index contributed by atoms with van der Waals surface area (Å²) in [5, 5.41) is 3.25. The van der Waals surface area contributed by atoms with Crippen LogP contribution >= 0.6 is 24.0 Å². The number of guanidine groups is 1. The van der Waals surface area contributed by atoms with Crippen LogP contribution in [0.5, 0.6) is 5.75 Å². The first kappa shape index (κ1) is 22.0. The van der Waals surface area contributed by atoms with Crippen LogP contribution in [0.25, 0.3) is 0 Å². The molecule has 142 valence electrons. The summed E-state index contributed by atoms with van der Waals surface area (Å²) in [5.41, 5.74) is 1.16. The van der Waals surface area contributed by atoms with Gasteiger partial charge in [-0.15, -0.1) is 24.0 Å². The van der Waals surface area contributed by atoms with Crippen LogP contribution in [0.15, 0.2) is 29.3 Å². The number of nitrogens with zero attached hydrogens (tertiary/aromatic N) is 2. The van der Waals surface area contributed by atoms with Crippen molar-refractivity contribution in [1.29, 1.82) is 0 Å². The number of nitrogens with one attached hydrogen (secondary N) is 1. The number of benzene rings is 1. The first-order chi connectivity index (χ1) is 11.2. The Hall–Kier alpha value is -1.03. The summed E-state index contributed by atoms with van der Waals surface area (Å²) < 4.78 is 29.1. The molecule has 0 bridgehead atoms. The lowest BCUT2D eigenvalue weighted by Gasteiger charge is -2.39. The Labute approximate surface area is 168 Å². The number of halogens is 1. The molecule has 0 unspecified atom stereocenters. The van der Waals surface area contributed by atoms with Crippen LogP contribution in [0.2, 0.25) is 0 Å². The largest absolute Gasteiger partial charge is 0.492 e. The smallest absolute Gasteiger partial charge is 0.193 e. The molecule has 0 spiro atoms. The third kappa shape index (κ3) is 5.73. The monoisotopic (exact) mass is 481 g/mol. The fourth-order valence-electron chi connectivity index (χ4n) is 2.69. The van der Waals surface area contributed by atoms with Crippen LogP contribution in [0.1, 0.15) is 19.4 Å². The van der Waals surface area contributed by atoms with E-state index in [9.17, 15) is 8.42 Å². The topological polar surface area (TPSA) is 71.0 Å². The minimum Gasteiger partial charge on any atom is -0.492 e. The number of hydrogen-bond donors (Lipinski definition) is 1. The third-order valence-electron chi connectivity index (χ3n) is 4.20. The lowest BCUT2D eigenvalue weighted by atomic mass is 10.2. The third-order valence-corrected chi connectivity index (χ3v) is 6.73. The highest BCUT2D eigenvalue weighted by atomic mass is 127. The number of aliphatic imine (C=N–C) groups is 1. The van der Waals surface area contributed by atoms with Crippen molar-refractivity contribution >= 4 is 39.8 Å². The molecule has 1 fully saturated rings. The highest BCUT2D eigenvalue weighted by molar-refractivity contribution is 14.0. The molecule has 6 nitrogen and oxygen atoms in total. The van der Waals surface area contributed by atoms with Gasteiger partial charge in [0.2, 0.25) is 0 Å². The molecule has 1 N–H and O–H groups in total. The van der Waals surface area contributed by atoms with E-state index < -0.39 is 14.6 Å². The van der Waals surface area contributed by atoms with Crippen molar-refractivity contribution in [2.75, 3.05) is 39.0 Å². The van der Waals surface area contributed by atoms with Crippen LogP contribution in [0.3, 0.4) is 0 Å². The molecule has 0 atom stereocenters. The molecule has 1 aliphatic heterocycles. The highest BCUT2D eigenvalue weighted by Crippen LogP contribution is 2.23. The van der Waals surface area contributed by atoms with Gasteiger partial charge in [0.1, 0.15) is 12.4 Å². The number of aryl methyl sites for hydroxylation is 1. The average Bonchev–Trinajstić information content (AvgIpc) is 2.50. The number of ether oxygens (including phenoxy) is 1. The van der Waals surface area contributed by atoms with Crippen LogP contribution in [0, 0.1) is 6.92 Å². The molecule has 0 radical (unpaired) electrons. The molecule has 8 heteroatoms. The quantitative estimate of drug-likeness (QED) is 0.309. The molecule has 1 heterocycles. The fourth-order valence-corrected chi connectivity index (χ4v) is 4.06. The predicted molar refractivity (Wildman–Crippen MR) is 113 cm³/mol. The van der Waals surface area contributed by atoms with Crippen molar-refractivity contribution < 1.29 is 13.2 Å². The minimum atomic E-state index is -3.05. The molecule has 0 saturated carbocycles. The van der Waals surface area contributed by atoms with E-state index in [1.54, 1.807) is 20.9 Å². The average molecular weight is 481 g/mol. The number of hydrogen-bond acceptors (Lipinski definition) is 4. The second-order valence-electron chi connectivity index (χ2n) is 6.64. The van der Waals surface area contributed by atoms with E-state index in [2.05, 4.69) is 10.3 Å². The zero-order valence-electron chi connectivity index (χ0n) is 15.3. The Balaban J connectivity index is 0.00000312. The summed E-state index contributed by atoms with van der Waals surface area (Å²) in [6, 6.07) is 7.92. The predicted octanol–water partition coefficient (Wildman–Crippen LogP) is 2.08. The SMILES string of the molecule is CN=C(NCCOc1cccc(C)c1)N1CCS(=O)(=O)C(C)(C)C1.I. The van der Waals surface area contributed by atoms with E-state index in [0.29, 0.717) is 32.2 Å². The zero-order valence-corrected chi connectivity index (χ0v) is 18.4. The molecule has 1 aliphatic rings. The first-order valence-electron chi connectivity index (χ1n) is 8.12. The van der Waals surface area contributed by atoms with Crippen LogP contribution in [-0.4, -0.2) is 63.1 Å². The minimum absolute atomic E-state index is 0. The van der Waals surface area contributed by atoms with Gasteiger partial charge in [-0.25, -0.2) is 8.42 Å². The van der Waals surface area contributed by atoms with Crippen molar-refractivity contribution in [1.82, 2.24) is 10.2 Å². The summed E-state index contributed by atoms with van der Waals surface area (Å²) in [6.45, 7) is 7.57. The van der Waals surface area contributed by atoms with Crippen LogP contribution < -0.4 is 10.1 Å². The van der Waals surface area contributed by atoms with Gasteiger partial charge in [0, 0.05) is 20.1 Å². The molecular formula is C17H28IN3O3S. The van der Waals surface area contributed by atoms with Gasteiger partial charge in [-0.05, 0) is 38.5 Å². The van der Waals surface area contributed by atoms with Crippen molar-refractivity contribution in [3.63, 3.8) is 0 Å². The van der Waals surface area contributed by atoms with Crippen molar-refractivity contribution in [2.24, 2.45) is 4.99 Å². The van der Waals surface area contributed by atoms with Crippen molar-refractivity contribution in [2.45, 2.75) is 25.5 Å². The van der Waals surface area contributed by atoms with Gasteiger partial charge < -0.3 is 15.0 Å². The summed E-state index contributed by atoms with van der Waals surface area (Å²) in [7, 11) is -1.34. The zero-order chi connectivity index (χ0) is 17.8. The van der Waals surface area contributed by atoms with Gasteiger partial charge in [0.15, 0.2) is 15.8 Å². The van der Waals surface area contributed by atoms with Gasteiger partial charge >= 0.3 is 0 Å². The second-order valence-corrected chi connectivity index (χ2v) is 9.38. The van der Waals surface area contributed by atoms with Crippen molar-refractivity contribution in [3.05, 3.63) is 29.8 Å². The lowest BCUT2D eigenvalue weighted by molar-refractivity contribution is 0.313. The normalized spacial score (nSPS) is 19.0. The molecule has 0 aromatic heterocycles. The van der Waals surface area contributed by atoms with E-state index in [4.69, 9.17) is 4.74 Å². The van der Waals surface area contributed by atoms with Gasteiger partial charge in [-0.1, -0.05) is 12.1 Å². The Morgan fingerprint density at radius 1 is 1.40 bits per heavy atom. The van der Waals surface area contributed by atoms with E-state index >= 15 is 0 Å².